The first-order valence-corrected chi connectivity index (χ1v) is 5.50. The number of carbonyl (C=O) groups excluding carboxylic acids is 1. The second kappa shape index (κ2) is 5.18. The molecule has 0 aliphatic heterocycles. The summed E-state index contributed by atoms with van der Waals surface area (Å²) in [6.07, 6.45) is 3.20. The molecule has 0 aliphatic rings. The molecule has 0 saturated carbocycles. The lowest BCUT2D eigenvalue weighted by Crippen LogP contribution is -2.19. The summed E-state index contributed by atoms with van der Waals surface area (Å²) < 4.78 is 0. The highest BCUT2D eigenvalue weighted by atomic mass is 16.1. The fraction of sp³-hybridized carbons (Fsp3) is 0.0769. The minimum absolute atomic E-state index is 0.147. The number of hydrogen-bond donors (Lipinski definition) is 3. The number of nitrogen functional groups attached to an aromatic ring is 1. The van der Waals surface area contributed by atoms with Crippen molar-refractivity contribution in [2.45, 2.75) is 0 Å². The standard InChI is InChI=1S/C13H14N4O/c1-15-13(18)9-4-2-3-5-11(9)17-12-6-7-16-8-10(12)14/h2-8H,14H2,1H3,(H,15,18)(H,16,17). The molecule has 0 unspecified atom stereocenters. The molecule has 0 fully saturated rings. The zero-order valence-corrected chi connectivity index (χ0v) is 9.97. The van der Waals surface area contributed by atoms with Crippen molar-refractivity contribution in [1.29, 1.82) is 0 Å². The van der Waals surface area contributed by atoms with Crippen LogP contribution in [-0.4, -0.2) is 17.9 Å². The molecule has 0 saturated heterocycles. The van der Waals surface area contributed by atoms with Gasteiger partial charge >= 0.3 is 0 Å². The Labute approximate surface area is 105 Å². The van der Waals surface area contributed by atoms with Crippen molar-refractivity contribution < 1.29 is 4.79 Å². The van der Waals surface area contributed by atoms with Crippen LogP contribution < -0.4 is 16.4 Å². The molecule has 2 rings (SSSR count). The molecule has 4 N–H and O–H groups in total. The Balaban J connectivity index is 2.35. The van der Waals surface area contributed by atoms with Gasteiger partial charge in [0.15, 0.2) is 0 Å². The lowest BCUT2D eigenvalue weighted by atomic mass is 10.1. The van der Waals surface area contributed by atoms with Gasteiger partial charge in [-0.15, -0.1) is 0 Å². The van der Waals surface area contributed by atoms with E-state index in [0.717, 1.165) is 5.69 Å². The van der Waals surface area contributed by atoms with Crippen molar-refractivity contribution in [3.63, 3.8) is 0 Å². The van der Waals surface area contributed by atoms with E-state index in [1.807, 2.05) is 18.2 Å². The monoisotopic (exact) mass is 242 g/mol. The Morgan fingerprint density at radius 1 is 1.22 bits per heavy atom. The van der Waals surface area contributed by atoms with Crippen LogP contribution in [0, 0.1) is 0 Å². The zero-order chi connectivity index (χ0) is 13.0. The molecule has 0 bridgehead atoms. The Morgan fingerprint density at radius 2 is 2.00 bits per heavy atom. The summed E-state index contributed by atoms with van der Waals surface area (Å²) in [4.78, 5) is 15.6. The fourth-order valence-corrected chi connectivity index (χ4v) is 1.59. The van der Waals surface area contributed by atoms with Gasteiger partial charge in [0.05, 0.1) is 28.8 Å². The number of pyridine rings is 1. The number of hydrogen-bond acceptors (Lipinski definition) is 4. The van der Waals surface area contributed by atoms with Gasteiger partial charge < -0.3 is 16.4 Å². The number of para-hydroxylation sites is 1. The van der Waals surface area contributed by atoms with Gasteiger partial charge in [-0.25, -0.2) is 0 Å². The van der Waals surface area contributed by atoms with Gasteiger partial charge in [0, 0.05) is 13.2 Å². The number of anilines is 3. The summed E-state index contributed by atoms with van der Waals surface area (Å²) in [6, 6.07) is 9.00. The van der Waals surface area contributed by atoms with Crippen molar-refractivity contribution >= 4 is 23.0 Å². The van der Waals surface area contributed by atoms with Crippen LogP contribution in [-0.2, 0) is 0 Å². The maximum absolute atomic E-state index is 11.7. The third-order valence-corrected chi connectivity index (χ3v) is 2.52. The number of rotatable bonds is 3. The molecule has 0 aliphatic carbocycles. The number of amides is 1. The molecule has 0 radical (unpaired) electrons. The van der Waals surface area contributed by atoms with E-state index in [-0.39, 0.29) is 5.91 Å². The van der Waals surface area contributed by atoms with Gasteiger partial charge in [0.2, 0.25) is 0 Å². The number of aromatic nitrogens is 1. The molecule has 1 amide bonds. The Bertz CT molecular complexity index is 568. The van der Waals surface area contributed by atoms with Crippen molar-refractivity contribution in [2.75, 3.05) is 18.1 Å². The van der Waals surface area contributed by atoms with Crippen LogP contribution in [0.3, 0.4) is 0 Å². The molecule has 1 heterocycles. The van der Waals surface area contributed by atoms with Gasteiger partial charge in [0.1, 0.15) is 0 Å². The smallest absolute Gasteiger partial charge is 0.253 e. The molecular formula is C13H14N4O. The van der Waals surface area contributed by atoms with E-state index in [1.54, 1.807) is 31.6 Å². The lowest BCUT2D eigenvalue weighted by molar-refractivity contribution is 0.0964. The van der Waals surface area contributed by atoms with Gasteiger partial charge in [-0.2, -0.15) is 0 Å². The van der Waals surface area contributed by atoms with Crippen molar-refractivity contribution in [3.05, 3.63) is 48.3 Å². The Hall–Kier alpha value is -2.56. The van der Waals surface area contributed by atoms with Crippen molar-refractivity contribution in [1.82, 2.24) is 10.3 Å². The van der Waals surface area contributed by atoms with Gasteiger partial charge in [0.25, 0.3) is 5.91 Å². The van der Waals surface area contributed by atoms with Crippen LogP contribution in [0.25, 0.3) is 0 Å². The summed E-state index contributed by atoms with van der Waals surface area (Å²) in [7, 11) is 1.60. The number of carbonyl (C=O) groups is 1. The molecule has 1 aromatic heterocycles. The lowest BCUT2D eigenvalue weighted by Gasteiger charge is -2.12. The van der Waals surface area contributed by atoms with Crippen LogP contribution >= 0.6 is 0 Å². The summed E-state index contributed by atoms with van der Waals surface area (Å²) in [6.45, 7) is 0. The van der Waals surface area contributed by atoms with E-state index in [2.05, 4.69) is 15.6 Å². The second-order valence-electron chi connectivity index (χ2n) is 3.71. The first kappa shape index (κ1) is 11.9. The highest BCUT2D eigenvalue weighted by Crippen LogP contribution is 2.24. The second-order valence-corrected chi connectivity index (χ2v) is 3.71. The number of nitrogens with two attached hydrogens (primary N) is 1. The van der Waals surface area contributed by atoms with Crippen LogP contribution in [0.15, 0.2) is 42.7 Å². The van der Waals surface area contributed by atoms with Gasteiger partial charge in [-0.1, -0.05) is 12.1 Å². The minimum atomic E-state index is -0.147. The maximum Gasteiger partial charge on any atom is 0.253 e. The van der Waals surface area contributed by atoms with Crippen LogP contribution in [0.2, 0.25) is 0 Å². The fourth-order valence-electron chi connectivity index (χ4n) is 1.59. The molecule has 92 valence electrons. The normalized spacial score (nSPS) is 9.83. The maximum atomic E-state index is 11.7. The minimum Gasteiger partial charge on any atom is -0.396 e. The van der Waals surface area contributed by atoms with E-state index in [4.69, 9.17) is 5.73 Å². The number of nitrogens with zero attached hydrogens (tertiary/aromatic N) is 1. The molecule has 5 heteroatoms. The molecule has 18 heavy (non-hydrogen) atoms. The van der Waals surface area contributed by atoms with E-state index >= 15 is 0 Å². The molecule has 2 aromatic rings. The van der Waals surface area contributed by atoms with E-state index in [9.17, 15) is 4.79 Å². The summed E-state index contributed by atoms with van der Waals surface area (Å²) in [5.41, 5.74) is 8.33. The summed E-state index contributed by atoms with van der Waals surface area (Å²) in [5, 5.41) is 5.73. The largest absolute Gasteiger partial charge is 0.396 e. The first-order chi connectivity index (χ1) is 8.72. The van der Waals surface area contributed by atoms with Gasteiger partial charge in [-0.3, -0.25) is 9.78 Å². The predicted molar refractivity (Wildman–Crippen MR) is 71.8 cm³/mol. The highest BCUT2D eigenvalue weighted by Gasteiger charge is 2.09. The summed E-state index contributed by atoms with van der Waals surface area (Å²) >= 11 is 0. The first-order valence-electron chi connectivity index (χ1n) is 5.50. The Kier molecular flexibility index (Phi) is 3.43. The zero-order valence-electron chi connectivity index (χ0n) is 9.97. The van der Waals surface area contributed by atoms with Crippen LogP contribution in [0.5, 0.6) is 0 Å². The number of nitrogens with one attached hydrogen (secondary N) is 2. The van der Waals surface area contributed by atoms with E-state index in [1.165, 1.54) is 0 Å². The average Bonchev–Trinajstić information content (AvgIpc) is 2.41. The van der Waals surface area contributed by atoms with E-state index in [0.29, 0.717) is 16.9 Å². The quantitative estimate of drug-likeness (QED) is 0.766. The Morgan fingerprint density at radius 3 is 2.72 bits per heavy atom. The molecule has 0 atom stereocenters. The molecule has 0 spiro atoms. The molecular weight excluding hydrogens is 228 g/mol. The predicted octanol–water partition coefficient (Wildman–Crippen LogP) is 1.77. The van der Waals surface area contributed by atoms with Gasteiger partial charge in [-0.05, 0) is 18.2 Å². The average molecular weight is 242 g/mol. The van der Waals surface area contributed by atoms with Crippen LogP contribution in [0.1, 0.15) is 10.4 Å². The van der Waals surface area contributed by atoms with E-state index < -0.39 is 0 Å². The van der Waals surface area contributed by atoms with Crippen LogP contribution in [0.4, 0.5) is 17.1 Å². The molecule has 1 aromatic carbocycles. The van der Waals surface area contributed by atoms with Crippen molar-refractivity contribution in [3.8, 4) is 0 Å². The third kappa shape index (κ3) is 2.40. The topological polar surface area (TPSA) is 80.0 Å². The summed E-state index contributed by atoms with van der Waals surface area (Å²) in [5.74, 6) is -0.147. The SMILES string of the molecule is CNC(=O)c1ccccc1Nc1ccncc1N. The van der Waals surface area contributed by atoms with Crippen molar-refractivity contribution in [2.24, 2.45) is 0 Å². The highest BCUT2D eigenvalue weighted by molar-refractivity contribution is 6.00. The number of benzene rings is 1. The molecule has 5 nitrogen and oxygen atoms in total. The third-order valence-electron chi connectivity index (χ3n) is 2.52.